The summed E-state index contributed by atoms with van der Waals surface area (Å²) in [6.45, 7) is 9.69. The summed E-state index contributed by atoms with van der Waals surface area (Å²) in [7, 11) is 2.23. The van der Waals surface area contributed by atoms with Crippen molar-refractivity contribution in [2.24, 2.45) is 0 Å². The Morgan fingerprint density at radius 3 is 2.70 bits per heavy atom. The van der Waals surface area contributed by atoms with Crippen LogP contribution in [0.15, 0.2) is 12.7 Å². The van der Waals surface area contributed by atoms with Crippen LogP contribution in [0, 0.1) is 0 Å². The summed E-state index contributed by atoms with van der Waals surface area (Å²) in [5.41, 5.74) is 3.17. The molecule has 3 rings (SSSR count). The van der Waals surface area contributed by atoms with Crippen LogP contribution in [-0.4, -0.2) is 58.2 Å². The van der Waals surface area contributed by atoms with Gasteiger partial charge in [0.15, 0.2) is 5.69 Å². The van der Waals surface area contributed by atoms with Crippen LogP contribution in [0.4, 0.5) is 0 Å². The van der Waals surface area contributed by atoms with Crippen LogP contribution in [0.2, 0.25) is 0 Å². The number of carbonyl (C=O) groups excluding carboxylic acids is 1. The van der Waals surface area contributed by atoms with Crippen LogP contribution in [0.1, 0.15) is 73.6 Å². The number of hydrogen-bond donors (Lipinski definition) is 0. The van der Waals surface area contributed by atoms with Gasteiger partial charge < -0.3 is 9.80 Å². The smallest absolute Gasteiger partial charge is 0.274 e. The molecule has 0 unspecified atom stereocenters. The number of rotatable bonds is 7. The predicted octanol–water partition coefficient (Wildman–Crippen LogP) is 3.67. The van der Waals surface area contributed by atoms with E-state index in [1.807, 2.05) is 15.7 Å². The summed E-state index contributed by atoms with van der Waals surface area (Å²) in [4.78, 5) is 17.8. The summed E-state index contributed by atoms with van der Waals surface area (Å²) >= 11 is 0. The summed E-state index contributed by atoms with van der Waals surface area (Å²) < 4.78 is 2.02. The van der Waals surface area contributed by atoms with Crippen LogP contribution in [0.25, 0.3) is 0 Å². The second-order valence-corrected chi connectivity index (χ2v) is 8.18. The van der Waals surface area contributed by atoms with E-state index in [2.05, 4.69) is 25.5 Å². The molecule has 1 aliphatic heterocycles. The third kappa shape index (κ3) is 4.63. The maximum atomic E-state index is 13.3. The van der Waals surface area contributed by atoms with E-state index >= 15 is 0 Å². The van der Waals surface area contributed by atoms with Crippen molar-refractivity contribution in [2.75, 3.05) is 26.7 Å². The van der Waals surface area contributed by atoms with Gasteiger partial charge in [-0.2, -0.15) is 5.10 Å². The van der Waals surface area contributed by atoms with Gasteiger partial charge in [0.2, 0.25) is 0 Å². The highest BCUT2D eigenvalue weighted by Gasteiger charge is 2.32. The molecule has 0 N–H and O–H groups in total. The van der Waals surface area contributed by atoms with Crippen LogP contribution in [0.5, 0.6) is 0 Å². The predicted molar refractivity (Wildman–Crippen MR) is 110 cm³/mol. The molecule has 0 radical (unpaired) electrons. The van der Waals surface area contributed by atoms with Crippen LogP contribution >= 0.6 is 0 Å². The van der Waals surface area contributed by atoms with Crippen molar-refractivity contribution in [1.29, 1.82) is 0 Å². The minimum Gasteiger partial charge on any atom is -0.337 e. The maximum Gasteiger partial charge on any atom is 0.274 e. The SMILES string of the molecule is C=CCn1nc(C(=O)N2CCCCCC2)c2c1CC[C@H](N(C)CCCC)C2. The zero-order chi connectivity index (χ0) is 19.2. The minimum absolute atomic E-state index is 0.146. The highest BCUT2D eigenvalue weighted by atomic mass is 16.2. The molecule has 1 atom stereocenters. The lowest BCUT2D eigenvalue weighted by Gasteiger charge is -2.32. The van der Waals surface area contributed by atoms with Gasteiger partial charge in [0.05, 0.1) is 6.54 Å². The molecular weight excluding hydrogens is 336 g/mol. The molecule has 1 saturated heterocycles. The molecule has 1 aromatic rings. The molecule has 0 saturated carbocycles. The average Bonchev–Trinajstić information content (AvgIpc) is 2.85. The maximum absolute atomic E-state index is 13.3. The number of fused-ring (bicyclic) bond motifs is 1. The van der Waals surface area contributed by atoms with Crippen molar-refractivity contribution >= 4 is 5.91 Å². The quantitative estimate of drug-likeness (QED) is 0.686. The first-order chi connectivity index (χ1) is 13.2. The fourth-order valence-electron chi connectivity index (χ4n) is 4.50. The van der Waals surface area contributed by atoms with E-state index in [-0.39, 0.29) is 5.91 Å². The zero-order valence-electron chi connectivity index (χ0n) is 17.3. The van der Waals surface area contributed by atoms with Crippen molar-refractivity contribution in [2.45, 2.75) is 77.3 Å². The topological polar surface area (TPSA) is 41.4 Å². The van der Waals surface area contributed by atoms with E-state index < -0.39 is 0 Å². The molecule has 27 heavy (non-hydrogen) atoms. The van der Waals surface area contributed by atoms with Gasteiger partial charge in [-0.3, -0.25) is 9.48 Å². The number of amides is 1. The van der Waals surface area contributed by atoms with Crippen molar-refractivity contribution in [3.63, 3.8) is 0 Å². The fraction of sp³-hybridized carbons (Fsp3) is 0.727. The third-order valence-electron chi connectivity index (χ3n) is 6.21. The number of unbranched alkanes of at least 4 members (excludes halogenated alkanes) is 1. The molecule has 5 nitrogen and oxygen atoms in total. The zero-order valence-corrected chi connectivity index (χ0v) is 17.3. The van der Waals surface area contributed by atoms with Gasteiger partial charge in [-0.15, -0.1) is 6.58 Å². The molecule has 0 bridgehead atoms. The van der Waals surface area contributed by atoms with Crippen molar-refractivity contribution in [1.82, 2.24) is 19.6 Å². The highest BCUT2D eigenvalue weighted by molar-refractivity contribution is 5.94. The minimum atomic E-state index is 0.146. The number of allylic oxidation sites excluding steroid dienone is 1. The first kappa shape index (κ1) is 20.1. The largest absolute Gasteiger partial charge is 0.337 e. The second kappa shape index (κ2) is 9.54. The van der Waals surface area contributed by atoms with Crippen molar-refractivity contribution < 1.29 is 4.79 Å². The summed E-state index contributed by atoms with van der Waals surface area (Å²) in [6.07, 6.45) is 12.1. The second-order valence-electron chi connectivity index (χ2n) is 8.18. The lowest BCUT2D eigenvalue weighted by atomic mass is 9.90. The number of nitrogens with zero attached hydrogens (tertiary/aromatic N) is 4. The first-order valence-electron chi connectivity index (χ1n) is 10.8. The van der Waals surface area contributed by atoms with Crippen molar-refractivity contribution in [3.05, 3.63) is 29.6 Å². The number of likely N-dealkylation sites (N-methyl/N-ethyl adjacent to an activating group) is 1. The number of likely N-dealkylation sites (tertiary alicyclic amines) is 1. The Hall–Kier alpha value is -1.62. The molecule has 5 heteroatoms. The lowest BCUT2D eigenvalue weighted by molar-refractivity contribution is 0.0753. The Balaban J connectivity index is 1.84. The molecule has 2 aliphatic rings. The van der Waals surface area contributed by atoms with Gasteiger partial charge >= 0.3 is 0 Å². The fourth-order valence-corrected chi connectivity index (χ4v) is 4.50. The standard InChI is InChI=1S/C22H36N4O/c1-4-6-14-24(3)18-11-12-20-19(17-18)21(23-26(20)13-5-2)22(27)25-15-9-7-8-10-16-25/h5,18H,2,4,6-17H2,1,3H3/t18-/m0/s1. The van der Waals surface area contributed by atoms with E-state index in [1.165, 1.54) is 36.9 Å². The van der Waals surface area contributed by atoms with Gasteiger partial charge in [-0.1, -0.05) is 32.3 Å². The number of hydrogen-bond acceptors (Lipinski definition) is 3. The van der Waals surface area contributed by atoms with E-state index in [0.29, 0.717) is 18.3 Å². The summed E-state index contributed by atoms with van der Waals surface area (Å²) in [6, 6.07) is 0.515. The molecule has 2 heterocycles. The Morgan fingerprint density at radius 1 is 1.30 bits per heavy atom. The van der Waals surface area contributed by atoms with E-state index in [4.69, 9.17) is 5.10 Å². The van der Waals surface area contributed by atoms with Crippen LogP contribution < -0.4 is 0 Å². The Labute approximate surface area is 164 Å². The molecule has 1 fully saturated rings. The third-order valence-corrected chi connectivity index (χ3v) is 6.21. The van der Waals surface area contributed by atoms with Crippen molar-refractivity contribution in [3.8, 4) is 0 Å². The molecule has 0 aromatic carbocycles. The van der Waals surface area contributed by atoms with Gasteiger partial charge in [0.25, 0.3) is 5.91 Å². The number of aromatic nitrogens is 2. The first-order valence-corrected chi connectivity index (χ1v) is 10.8. The molecule has 0 spiro atoms. The van der Waals surface area contributed by atoms with Gasteiger partial charge in [0, 0.05) is 30.4 Å². The lowest BCUT2D eigenvalue weighted by Crippen LogP contribution is -2.38. The summed E-state index contributed by atoms with van der Waals surface area (Å²) in [5.74, 6) is 0.146. The van der Waals surface area contributed by atoms with E-state index in [1.54, 1.807) is 0 Å². The van der Waals surface area contributed by atoms with E-state index in [0.717, 1.165) is 51.7 Å². The van der Waals surface area contributed by atoms with Gasteiger partial charge in [-0.25, -0.2) is 0 Å². The van der Waals surface area contributed by atoms with Gasteiger partial charge in [0.1, 0.15) is 0 Å². The van der Waals surface area contributed by atoms with E-state index in [9.17, 15) is 4.79 Å². The Morgan fingerprint density at radius 2 is 2.04 bits per heavy atom. The normalized spacial score (nSPS) is 20.4. The Bertz CT molecular complexity index is 643. The highest BCUT2D eigenvalue weighted by Crippen LogP contribution is 2.28. The monoisotopic (exact) mass is 372 g/mol. The molecule has 150 valence electrons. The molecule has 1 aromatic heterocycles. The molecule has 1 amide bonds. The van der Waals surface area contributed by atoms with Gasteiger partial charge in [-0.05, 0) is 52.1 Å². The number of carbonyl (C=O) groups is 1. The van der Waals surface area contributed by atoms with Crippen LogP contribution in [0.3, 0.4) is 0 Å². The summed E-state index contributed by atoms with van der Waals surface area (Å²) in [5, 5.41) is 4.78. The van der Waals surface area contributed by atoms with Crippen LogP contribution in [-0.2, 0) is 19.4 Å². The Kier molecular flexibility index (Phi) is 7.11. The molecular formula is C22H36N4O. The average molecular weight is 373 g/mol. The molecule has 1 aliphatic carbocycles.